The summed E-state index contributed by atoms with van der Waals surface area (Å²) in [6, 6.07) is -4.09. The Kier molecular flexibility index (Phi) is 12.0. The molecule has 0 radical (unpaired) electrons. The molecule has 29 heavy (non-hydrogen) atoms. The lowest BCUT2D eigenvalue weighted by Crippen LogP contribution is -2.54. The number of amides is 4. The molecule has 166 valence electrons. The lowest BCUT2D eigenvalue weighted by atomic mass is 10.0. The molecule has 0 aliphatic carbocycles. The van der Waals surface area contributed by atoms with Crippen molar-refractivity contribution in [3.63, 3.8) is 0 Å². The summed E-state index contributed by atoms with van der Waals surface area (Å²) in [5, 5.41) is 25.1. The molecule has 9 N–H and O–H groups in total. The number of carboxylic acids is 2. The summed E-state index contributed by atoms with van der Waals surface area (Å²) in [5.74, 6) is -3.73. The third-order valence-corrected chi connectivity index (χ3v) is 3.93. The van der Waals surface area contributed by atoms with E-state index in [9.17, 15) is 29.1 Å². The zero-order valence-corrected chi connectivity index (χ0v) is 16.6. The average Bonchev–Trinajstić information content (AvgIpc) is 2.60. The first-order valence-electron chi connectivity index (χ1n) is 9.28. The van der Waals surface area contributed by atoms with Crippen molar-refractivity contribution < 1.29 is 34.2 Å². The third kappa shape index (κ3) is 12.2. The molecule has 0 aromatic heterocycles. The normalized spacial score (nSPS) is 13.8. The van der Waals surface area contributed by atoms with Gasteiger partial charge in [0.05, 0.1) is 6.04 Å². The molecule has 12 nitrogen and oxygen atoms in total. The van der Waals surface area contributed by atoms with Crippen molar-refractivity contribution in [1.29, 1.82) is 0 Å². The zero-order chi connectivity index (χ0) is 22.6. The number of rotatable bonds is 14. The van der Waals surface area contributed by atoms with Gasteiger partial charge in [-0.1, -0.05) is 13.8 Å². The van der Waals surface area contributed by atoms with Crippen LogP contribution in [0, 0.1) is 5.92 Å². The maximum atomic E-state index is 12.5. The molecule has 0 unspecified atom stereocenters. The molecule has 0 aliphatic rings. The molecule has 3 atom stereocenters. The van der Waals surface area contributed by atoms with E-state index in [4.69, 9.17) is 16.6 Å². The van der Waals surface area contributed by atoms with Crippen molar-refractivity contribution in [3.8, 4) is 0 Å². The van der Waals surface area contributed by atoms with Crippen LogP contribution in [0.1, 0.15) is 46.0 Å². The molecule has 12 heteroatoms. The standard InChI is InChI=1S/C17H31N5O7/c1-9(2)8-12(22-14(25)10(18)5-6-13(23)24)15(26)21-11(16(27)28)4-3-7-20-17(19)29/h9-12H,3-8,18H2,1-2H3,(H,21,26)(H,22,25)(H,23,24)(H,27,28)(H3,19,20,29)/t10-,11-,12-/m0/s1. The second kappa shape index (κ2) is 13.3. The Hall–Kier alpha value is -2.89. The van der Waals surface area contributed by atoms with Crippen molar-refractivity contribution >= 4 is 29.8 Å². The van der Waals surface area contributed by atoms with Gasteiger partial charge in [-0.05, 0) is 31.6 Å². The van der Waals surface area contributed by atoms with Crippen LogP contribution in [0.15, 0.2) is 0 Å². The van der Waals surface area contributed by atoms with E-state index >= 15 is 0 Å². The predicted molar refractivity (Wildman–Crippen MR) is 103 cm³/mol. The van der Waals surface area contributed by atoms with Crippen molar-refractivity contribution in [2.45, 2.75) is 64.1 Å². The quantitative estimate of drug-likeness (QED) is 0.169. The van der Waals surface area contributed by atoms with E-state index in [1.165, 1.54) is 0 Å². The van der Waals surface area contributed by atoms with Crippen LogP contribution in [0.25, 0.3) is 0 Å². The van der Waals surface area contributed by atoms with E-state index in [0.717, 1.165) is 0 Å². The minimum atomic E-state index is -1.26. The summed E-state index contributed by atoms with van der Waals surface area (Å²) < 4.78 is 0. The SMILES string of the molecule is CC(C)C[C@H](NC(=O)[C@@H](N)CCC(=O)O)C(=O)N[C@@H](CCCNC(N)=O)C(=O)O. The van der Waals surface area contributed by atoms with Gasteiger partial charge in [-0.15, -0.1) is 0 Å². The Morgan fingerprint density at radius 3 is 2.00 bits per heavy atom. The molecule has 0 aromatic carbocycles. The van der Waals surface area contributed by atoms with Gasteiger partial charge in [0.15, 0.2) is 0 Å². The van der Waals surface area contributed by atoms with Crippen molar-refractivity contribution in [2.24, 2.45) is 17.4 Å². The second-order valence-electron chi connectivity index (χ2n) is 7.06. The molecular formula is C17H31N5O7. The molecule has 0 saturated carbocycles. The first-order chi connectivity index (χ1) is 13.4. The van der Waals surface area contributed by atoms with Crippen molar-refractivity contribution in [1.82, 2.24) is 16.0 Å². The third-order valence-electron chi connectivity index (χ3n) is 3.93. The highest BCUT2D eigenvalue weighted by Crippen LogP contribution is 2.08. The number of urea groups is 1. The van der Waals surface area contributed by atoms with Crippen LogP contribution >= 0.6 is 0 Å². The molecule has 0 rings (SSSR count). The van der Waals surface area contributed by atoms with Crippen LogP contribution < -0.4 is 27.4 Å². The number of hydrogen-bond acceptors (Lipinski definition) is 6. The van der Waals surface area contributed by atoms with Crippen molar-refractivity contribution in [3.05, 3.63) is 0 Å². The average molecular weight is 417 g/mol. The highest BCUT2D eigenvalue weighted by Gasteiger charge is 2.28. The van der Waals surface area contributed by atoms with Gasteiger partial charge in [0.1, 0.15) is 12.1 Å². The molecule has 0 aliphatic heterocycles. The topological polar surface area (TPSA) is 214 Å². The van der Waals surface area contributed by atoms with Crippen LogP contribution in [0.4, 0.5) is 4.79 Å². The Morgan fingerprint density at radius 2 is 1.52 bits per heavy atom. The fraction of sp³-hybridized carbons (Fsp3) is 0.706. The number of carbonyl (C=O) groups excluding carboxylic acids is 3. The summed E-state index contributed by atoms with van der Waals surface area (Å²) in [6.07, 6.45) is 0.153. The van der Waals surface area contributed by atoms with E-state index in [-0.39, 0.29) is 44.6 Å². The lowest BCUT2D eigenvalue weighted by Gasteiger charge is -2.24. The maximum absolute atomic E-state index is 12.5. The van der Waals surface area contributed by atoms with Crippen molar-refractivity contribution in [2.75, 3.05) is 6.54 Å². The predicted octanol–water partition coefficient (Wildman–Crippen LogP) is -1.27. The minimum Gasteiger partial charge on any atom is -0.481 e. The van der Waals surface area contributed by atoms with Gasteiger partial charge >= 0.3 is 18.0 Å². The molecule has 4 amide bonds. The van der Waals surface area contributed by atoms with E-state index < -0.39 is 47.9 Å². The zero-order valence-electron chi connectivity index (χ0n) is 16.6. The number of carbonyl (C=O) groups is 5. The van der Waals surface area contributed by atoms with Gasteiger partial charge in [-0.2, -0.15) is 0 Å². The number of nitrogens with one attached hydrogen (secondary N) is 3. The van der Waals surface area contributed by atoms with Crippen LogP contribution in [0.5, 0.6) is 0 Å². The summed E-state index contributed by atoms with van der Waals surface area (Å²) in [4.78, 5) is 57.3. The molecule has 0 spiro atoms. The summed E-state index contributed by atoms with van der Waals surface area (Å²) in [5.41, 5.74) is 10.6. The molecule has 0 fully saturated rings. The summed E-state index contributed by atoms with van der Waals surface area (Å²) in [6.45, 7) is 3.79. The number of hydrogen-bond donors (Lipinski definition) is 7. The fourth-order valence-electron chi connectivity index (χ4n) is 2.44. The van der Waals surface area contributed by atoms with Gasteiger partial charge in [-0.25, -0.2) is 9.59 Å². The second-order valence-corrected chi connectivity index (χ2v) is 7.06. The van der Waals surface area contributed by atoms with E-state index in [1.54, 1.807) is 0 Å². The molecular weight excluding hydrogens is 386 g/mol. The lowest BCUT2D eigenvalue weighted by molar-refractivity contribution is -0.142. The summed E-state index contributed by atoms with van der Waals surface area (Å²) in [7, 11) is 0. The van der Waals surface area contributed by atoms with E-state index in [0.29, 0.717) is 0 Å². The minimum absolute atomic E-state index is 0.00402. The highest BCUT2D eigenvalue weighted by molar-refractivity contribution is 5.91. The number of carboxylic acid groups (broad SMARTS) is 2. The summed E-state index contributed by atoms with van der Waals surface area (Å²) >= 11 is 0. The van der Waals surface area contributed by atoms with Crippen LogP contribution in [-0.4, -0.2) is 64.7 Å². The van der Waals surface area contributed by atoms with E-state index in [2.05, 4.69) is 16.0 Å². The van der Waals surface area contributed by atoms with Crippen LogP contribution in [0.2, 0.25) is 0 Å². The van der Waals surface area contributed by atoms with Crippen LogP contribution in [0.3, 0.4) is 0 Å². The monoisotopic (exact) mass is 417 g/mol. The number of primary amides is 1. The van der Waals surface area contributed by atoms with Gasteiger partial charge in [0.2, 0.25) is 11.8 Å². The molecule has 0 heterocycles. The highest BCUT2D eigenvalue weighted by atomic mass is 16.4. The number of nitrogens with two attached hydrogens (primary N) is 2. The Bertz CT molecular complexity index is 597. The maximum Gasteiger partial charge on any atom is 0.326 e. The van der Waals surface area contributed by atoms with Gasteiger partial charge in [0.25, 0.3) is 0 Å². The Morgan fingerprint density at radius 1 is 0.931 bits per heavy atom. The fourth-order valence-corrected chi connectivity index (χ4v) is 2.44. The first kappa shape index (κ1) is 26.1. The largest absolute Gasteiger partial charge is 0.481 e. The molecule has 0 bridgehead atoms. The van der Waals surface area contributed by atoms with Crippen LogP contribution in [-0.2, 0) is 19.2 Å². The first-order valence-corrected chi connectivity index (χ1v) is 9.28. The van der Waals surface area contributed by atoms with Gasteiger partial charge in [-0.3, -0.25) is 14.4 Å². The van der Waals surface area contributed by atoms with Gasteiger partial charge in [0, 0.05) is 13.0 Å². The smallest absolute Gasteiger partial charge is 0.326 e. The molecule has 0 aromatic rings. The van der Waals surface area contributed by atoms with E-state index in [1.807, 2.05) is 13.8 Å². The van der Waals surface area contributed by atoms with Gasteiger partial charge < -0.3 is 37.6 Å². The Labute approximate surface area is 168 Å². The number of aliphatic carboxylic acids is 2. The molecule has 0 saturated heterocycles. The Balaban J connectivity index is 4.92.